The molecule has 0 nitrogen and oxygen atoms in total. The SMILES string of the molecule is Cl[Si]12C[Si](Cl)(C1)C2. The number of hydrogen-bond acceptors (Lipinski definition) is 0. The Hall–Kier alpha value is 1.01. The highest BCUT2D eigenvalue weighted by Gasteiger charge is 2.70. The van der Waals surface area contributed by atoms with Crippen LogP contribution < -0.4 is 0 Å². The van der Waals surface area contributed by atoms with Gasteiger partial charge in [-0.25, -0.2) is 0 Å². The fourth-order valence-corrected chi connectivity index (χ4v) is 29.6. The van der Waals surface area contributed by atoms with Crippen LogP contribution in [0.1, 0.15) is 0 Å². The van der Waals surface area contributed by atoms with E-state index in [0.29, 0.717) is 0 Å². The van der Waals surface area contributed by atoms with E-state index in [4.69, 9.17) is 22.2 Å². The fraction of sp³-hybridized carbons (Fsp3) is 1.00. The highest BCUT2D eigenvalue weighted by Crippen LogP contribution is 2.63. The van der Waals surface area contributed by atoms with Gasteiger partial charge < -0.3 is 0 Å². The minimum atomic E-state index is -0.977. The Kier molecular flexibility index (Phi) is 0.686. The van der Waals surface area contributed by atoms with Crippen LogP contribution in [0.5, 0.6) is 0 Å². The van der Waals surface area contributed by atoms with Crippen molar-refractivity contribution >= 4 is 36.9 Å². The van der Waals surface area contributed by atoms with E-state index in [9.17, 15) is 0 Å². The normalized spacial score (nSPS) is 66.0. The second kappa shape index (κ2) is 0.989. The fourth-order valence-electron chi connectivity index (χ4n) is 1.55. The van der Waals surface area contributed by atoms with Gasteiger partial charge >= 0.3 is 0 Å². The van der Waals surface area contributed by atoms with Crippen LogP contribution in [0.2, 0.25) is 17.0 Å². The molecule has 4 heteroatoms. The van der Waals surface area contributed by atoms with E-state index in [-0.39, 0.29) is 0 Å². The van der Waals surface area contributed by atoms with Gasteiger partial charge in [-0.2, -0.15) is 22.2 Å². The third-order valence-corrected chi connectivity index (χ3v) is 24.3. The van der Waals surface area contributed by atoms with Crippen molar-refractivity contribution in [3.63, 3.8) is 0 Å². The van der Waals surface area contributed by atoms with Crippen molar-refractivity contribution in [3.05, 3.63) is 0 Å². The molecule has 3 aliphatic rings. The van der Waals surface area contributed by atoms with E-state index >= 15 is 0 Å². The van der Waals surface area contributed by atoms with Crippen LogP contribution >= 0.6 is 22.2 Å². The minimum absolute atomic E-state index is 0.977. The number of halogens is 2. The zero-order chi connectivity index (χ0) is 5.12. The first-order chi connectivity index (χ1) is 3.12. The summed E-state index contributed by atoms with van der Waals surface area (Å²) in [6.07, 6.45) is 0. The Morgan fingerprint density at radius 1 is 0.857 bits per heavy atom. The Bertz CT molecular complexity index is 92.3. The van der Waals surface area contributed by atoms with Crippen LogP contribution in [0.3, 0.4) is 0 Å². The summed E-state index contributed by atoms with van der Waals surface area (Å²) >= 11 is 12.1. The summed E-state index contributed by atoms with van der Waals surface area (Å²) in [7, 11) is -1.95. The quantitative estimate of drug-likeness (QED) is 0.384. The Morgan fingerprint density at radius 2 is 1.14 bits per heavy atom. The third-order valence-electron chi connectivity index (χ3n) is 1.90. The molecule has 0 unspecified atom stereocenters. The van der Waals surface area contributed by atoms with Gasteiger partial charge in [-0.3, -0.25) is 0 Å². The molecule has 3 fully saturated rings. The third kappa shape index (κ3) is 0.488. The highest BCUT2D eigenvalue weighted by molar-refractivity contribution is 7.57. The topological polar surface area (TPSA) is 0 Å². The van der Waals surface area contributed by atoms with E-state index in [1.54, 1.807) is 0 Å². The molecule has 0 saturated carbocycles. The maximum Gasteiger partial charge on any atom is 0.152 e. The van der Waals surface area contributed by atoms with E-state index in [1.165, 1.54) is 17.0 Å². The summed E-state index contributed by atoms with van der Waals surface area (Å²) < 4.78 is 0. The molecule has 0 atom stereocenters. The van der Waals surface area contributed by atoms with Crippen LogP contribution in [0.25, 0.3) is 0 Å². The molecule has 40 valence electrons. The molecule has 0 aromatic rings. The first-order valence-electron chi connectivity index (χ1n) is 2.50. The van der Waals surface area contributed by atoms with Crippen LogP contribution in [-0.2, 0) is 0 Å². The van der Waals surface area contributed by atoms with E-state index < -0.39 is 14.8 Å². The molecular weight excluding hydrogens is 163 g/mol. The van der Waals surface area contributed by atoms with Gasteiger partial charge in [0.15, 0.2) is 14.8 Å². The van der Waals surface area contributed by atoms with Crippen molar-refractivity contribution in [1.29, 1.82) is 0 Å². The molecule has 0 spiro atoms. The number of hydrogen-bond donors (Lipinski definition) is 0. The second-order valence-electron chi connectivity index (χ2n) is 2.83. The Labute approximate surface area is 54.2 Å². The molecule has 2 bridgehead atoms. The summed E-state index contributed by atoms with van der Waals surface area (Å²) in [6, 6.07) is 0. The molecule has 0 amide bonds. The van der Waals surface area contributed by atoms with Crippen molar-refractivity contribution < 1.29 is 0 Å². The molecule has 0 N–H and O–H groups in total. The maximum atomic E-state index is 6.05. The smallest absolute Gasteiger partial charge is 0.152 e. The monoisotopic (exact) mass is 168 g/mol. The molecule has 0 aliphatic carbocycles. The molecule has 3 rings (SSSR count). The van der Waals surface area contributed by atoms with Gasteiger partial charge in [-0.05, 0) is 17.0 Å². The Morgan fingerprint density at radius 3 is 1.14 bits per heavy atom. The van der Waals surface area contributed by atoms with E-state index in [2.05, 4.69) is 0 Å². The highest BCUT2D eigenvalue weighted by atomic mass is 35.6. The lowest BCUT2D eigenvalue weighted by Crippen LogP contribution is -2.72. The largest absolute Gasteiger partial charge is 0.168 e. The Balaban J connectivity index is 2.16. The summed E-state index contributed by atoms with van der Waals surface area (Å²) in [4.78, 5) is 0. The molecular formula is C3H6Cl2Si2. The number of rotatable bonds is 0. The average Bonchev–Trinajstić information content (AvgIpc) is 1.27. The molecule has 0 aromatic carbocycles. The lowest BCUT2D eigenvalue weighted by molar-refractivity contribution is 1.28. The van der Waals surface area contributed by atoms with Crippen molar-refractivity contribution in [1.82, 2.24) is 0 Å². The van der Waals surface area contributed by atoms with Crippen LogP contribution in [-0.4, -0.2) is 14.8 Å². The molecule has 3 heterocycles. The summed E-state index contributed by atoms with van der Waals surface area (Å²) in [5, 5.41) is 0. The van der Waals surface area contributed by atoms with Crippen LogP contribution in [0.4, 0.5) is 0 Å². The van der Waals surface area contributed by atoms with Crippen LogP contribution in [0.15, 0.2) is 0 Å². The summed E-state index contributed by atoms with van der Waals surface area (Å²) in [5.74, 6) is 0. The van der Waals surface area contributed by atoms with Gasteiger partial charge in [0.05, 0.1) is 0 Å². The van der Waals surface area contributed by atoms with Gasteiger partial charge in [0, 0.05) is 0 Å². The first-order valence-corrected chi connectivity index (χ1v) is 9.77. The first kappa shape index (κ1) is 4.85. The van der Waals surface area contributed by atoms with Gasteiger partial charge in [0.25, 0.3) is 0 Å². The van der Waals surface area contributed by atoms with E-state index in [1.807, 2.05) is 0 Å². The lowest BCUT2D eigenvalue weighted by atomic mass is 11.6. The van der Waals surface area contributed by atoms with Gasteiger partial charge in [0.1, 0.15) is 0 Å². The zero-order valence-corrected chi connectivity index (χ0v) is 7.39. The molecule has 0 aromatic heterocycles. The van der Waals surface area contributed by atoms with Crippen molar-refractivity contribution in [2.24, 2.45) is 0 Å². The van der Waals surface area contributed by atoms with Crippen LogP contribution in [0, 0.1) is 0 Å². The van der Waals surface area contributed by atoms with Crippen molar-refractivity contribution in [3.8, 4) is 0 Å². The molecule has 7 heavy (non-hydrogen) atoms. The average molecular weight is 169 g/mol. The second-order valence-corrected chi connectivity index (χ2v) is 16.5. The van der Waals surface area contributed by atoms with Gasteiger partial charge in [-0.15, -0.1) is 0 Å². The summed E-state index contributed by atoms with van der Waals surface area (Å²) in [5.41, 5.74) is 3.97. The molecule has 3 aliphatic heterocycles. The van der Waals surface area contributed by atoms with Gasteiger partial charge in [-0.1, -0.05) is 0 Å². The molecule has 3 saturated heterocycles. The van der Waals surface area contributed by atoms with Gasteiger partial charge in [0.2, 0.25) is 0 Å². The predicted molar refractivity (Wildman–Crippen MR) is 37.6 cm³/mol. The van der Waals surface area contributed by atoms with E-state index in [0.717, 1.165) is 0 Å². The lowest BCUT2D eigenvalue weighted by Gasteiger charge is -2.60. The minimum Gasteiger partial charge on any atom is -0.168 e. The standard InChI is InChI=1S/C3H6Cl2Si2/c4-6-1-7(5,2-6)3-6/h1-3H2. The van der Waals surface area contributed by atoms with Crippen molar-refractivity contribution in [2.75, 3.05) is 0 Å². The predicted octanol–water partition coefficient (Wildman–Crippen LogP) is 2.00. The summed E-state index contributed by atoms with van der Waals surface area (Å²) in [6.45, 7) is 0. The molecule has 0 radical (unpaired) electrons. The van der Waals surface area contributed by atoms with Crippen molar-refractivity contribution in [2.45, 2.75) is 17.0 Å². The maximum absolute atomic E-state index is 6.05. The zero-order valence-electron chi connectivity index (χ0n) is 3.88.